The number of nitrogens with one attached hydrogen (secondary N) is 1. The molecule has 2 N–H and O–H groups in total. The highest BCUT2D eigenvalue weighted by atomic mass is 35.5. The third kappa shape index (κ3) is 4.05. The Labute approximate surface area is 180 Å². The number of aromatic nitrogens is 1. The van der Waals surface area contributed by atoms with Gasteiger partial charge in [-0.15, -0.1) is 0 Å². The zero-order chi connectivity index (χ0) is 21.3. The van der Waals surface area contributed by atoms with Crippen LogP contribution in [-0.4, -0.2) is 21.7 Å². The van der Waals surface area contributed by atoms with E-state index in [4.69, 9.17) is 11.6 Å². The molecule has 3 aromatic rings. The average Bonchev–Trinajstić information content (AvgIpc) is 2.74. The van der Waals surface area contributed by atoms with Crippen LogP contribution in [0.4, 0.5) is 4.39 Å². The van der Waals surface area contributed by atoms with Crippen molar-refractivity contribution >= 4 is 28.4 Å². The molecule has 0 saturated heterocycles. The summed E-state index contributed by atoms with van der Waals surface area (Å²) in [6.45, 7) is 1.76. The third-order valence-corrected chi connectivity index (χ3v) is 6.35. The lowest BCUT2D eigenvalue weighted by molar-refractivity contribution is -0.133. The van der Waals surface area contributed by atoms with Gasteiger partial charge in [0.1, 0.15) is 11.5 Å². The summed E-state index contributed by atoms with van der Waals surface area (Å²) in [7, 11) is 0. The van der Waals surface area contributed by atoms with Gasteiger partial charge in [-0.1, -0.05) is 30.7 Å². The Balaban J connectivity index is 1.73. The Bertz CT molecular complexity index is 1070. The molecule has 0 aliphatic heterocycles. The van der Waals surface area contributed by atoms with E-state index in [9.17, 15) is 14.3 Å². The van der Waals surface area contributed by atoms with E-state index in [-0.39, 0.29) is 23.6 Å². The molecule has 6 heteroatoms. The number of amides is 1. The van der Waals surface area contributed by atoms with Crippen LogP contribution in [0.25, 0.3) is 10.9 Å². The van der Waals surface area contributed by atoms with E-state index in [1.165, 1.54) is 12.1 Å². The van der Waals surface area contributed by atoms with Crippen molar-refractivity contribution < 1.29 is 14.3 Å². The van der Waals surface area contributed by atoms with Crippen molar-refractivity contribution in [3.05, 3.63) is 76.7 Å². The fourth-order valence-electron chi connectivity index (χ4n) is 4.53. The SMILES string of the molecule is CCC(=O)N[C@]1(O)CC[C@H](c2ccnc3ccc(F)cc23)C[C@H]1c1ccc(Cl)cc1. The van der Waals surface area contributed by atoms with E-state index >= 15 is 0 Å². The summed E-state index contributed by atoms with van der Waals surface area (Å²) in [5, 5.41) is 15.7. The molecule has 3 atom stereocenters. The maximum Gasteiger partial charge on any atom is 0.221 e. The first-order valence-electron chi connectivity index (χ1n) is 10.2. The van der Waals surface area contributed by atoms with Gasteiger partial charge in [0.2, 0.25) is 5.91 Å². The van der Waals surface area contributed by atoms with Crippen molar-refractivity contribution in [2.75, 3.05) is 0 Å². The van der Waals surface area contributed by atoms with Gasteiger partial charge >= 0.3 is 0 Å². The van der Waals surface area contributed by atoms with Crippen molar-refractivity contribution in [1.82, 2.24) is 10.3 Å². The fraction of sp³-hybridized carbons (Fsp3) is 0.333. The van der Waals surface area contributed by atoms with Gasteiger partial charge in [0.15, 0.2) is 0 Å². The molecule has 0 spiro atoms. The number of aliphatic hydroxyl groups is 1. The van der Waals surface area contributed by atoms with Crippen LogP contribution in [0.15, 0.2) is 54.7 Å². The van der Waals surface area contributed by atoms with Gasteiger partial charge in [-0.25, -0.2) is 4.39 Å². The topological polar surface area (TPSA) is 62.2 Å². The largest absolute Gasteiger partial charge is 0.370 e. The minimum absolute atomic E-state index is 0.0942. The average molecular weight is 427 g/mol. The number of pyridine rings is 1. The minimum atomic E-state index is -1.34. The second kappa shape index (κ2) is 8.32. The summed E-state index contributed by atoms with van der Waals surface area (Å²) in [6.07, 6.45) is 3.72. The molecule has 4 rings (SSSR count). The number of hydrogen-bond donors (Lipinski definition) is 2. The Kier molecular flexibility index (Phi) is 5.76. The first-order chi connectivity index (χ1) is 14.4. The predicted molar refractivity (Wildman–Crippen MR) is 116 cm³/mol. The van der Waals surface area contributed by atoms with Crippen LogP contribution in [0.2, 0.25) is 5.02 Å². The first kappa shape index (κ1) is 20.8. The summed E-state index contributed by atoms with van der Waals surface area (Å²) in [5.41, 5.74) is 1.33. The first-order valence-corrected chi connectivity index (χ1v) is 10.6. The molecule has 1 fully saturated rings. The Morgan fingerprint density at radius 3 is 2.77 bits per heavy atom. The molecule has 0 radical (unpaired) electrons. The highest BCUT2D eigenvalue weighted by molar-refractivity contribution is 6.30. The molecule has 1 aliphatic carbocycles. The Morgan fingerprint density at radius 1 is 1.27 bits per heavy atom. The maximum absolute atomic E-state index is 13.9. The molecule has 4 nitrogen and oxygen atoms in total. The van der Waals surface area contributed by atoms with Gasteiger partial charge < -0.3 is 10.4 Å². The quantitative estimate of drug-likeness (QED) is 0.557. The number of benzene rings is 2. The Hall–Kier alpha value is -2.50. The van der Waals surface area contributed by atoms with E-state index < -0.39 is 5.72 Å². The zero-order valence-electron chi connectivity index (χ0n) is 16.7. The van der Waals surface area contributed by atoms with Gasteiger partial charge in [-0.05, 0) is 72.7 Å². The van der Waals surface area contributed by atoms with Crippen LogP contribution in [0.1, 0.15) is 55.6 Å². The van der Waals surface area contributed by atoms with Crippen molar-refractivity contribution in [1.29, 1.82) is 0 Å². The van der Waals surface area contributed by atoms with Crippen molar-refractivity contribution in [2.24, 2.45) is 0 Å². The molecule has 1 saturated carbocycles. The Morgan fingerprint density at radius 2 is 2.03 bits per heavy atom. The van der Waals surface area contributed by atoms with Crippen molar-refractivity contribution in [3.63, 3.8) is 0 Å². The lowest BCUT2D eigenvalue weighted by Crippen LogP contribution is -2.55. The molecular weight excluding hydrogens is 403 g/mol. The molecule has 1 amide bonds. The van der Waals surface area contributed by atoms with Crippen LogP contribution in [0.3, 0.4) is 0 Å². The van der Waals surface area contributed by atoms with Crippen molar-refractivity contribution in [3.8, 4) is 0 Å². The van der Waals surface area contributed by atoms with Gasteiger partial charge in [0.25, 0.3) is 0 Å². The van der Waals surface area contributed by atoms with Gasteiger partial charge in [-0.3, -0.25) is 9.78 Å². The maximum atomic E-state index is 13.9. The fourth-order valence-corrected chi connectivity index (χ4v) is 4.66. The van der Waals surface area contributed by atoms with E-state index in [0.29, 0.717) is 30.7 Å². The molecule has 1 heterocycles. The second-order valence-electron chi connectivity index (χ2n) is 7.96. The number of carbonyl (C=O) groups excluding carboxylic acids is 1. The van der Waals surface area contributed by atoms with Crippen LogP contribution in [0.5, 0.6) is 0 Å². The minimum Gasteiger partial charge on any atom is -0.370 e. The monoisotopic (exact) mass is 426 g/mol. The second-order valence-corrected chi connectivity index (χ2v) is 8.40. The lowest BCUT2D eigenvalue weighted by Gasteiger charge is -2.44. The van der Waals surface area contributed by atoms with Crippen LogP contribution >= 0.6 is 11.6 Å². The molecule has 0 unspecified atom stereocenters. The summed E-state index contributed by atoms with van der Waals surface area (Å²) in [5.74, 6) is -0.711. The van der Waals surface area contributed by atoms with E-state index in [1.54, 1.807) is 31.3 Å². The van der Waals surface area contributed by atoms with Gasteiger partial charge in [0.05, 0.1) is 5.52 Å². The normalized spacial score (nSPS) is 24.0. The molecule has 1 aromatic heterocycles. The van der Waals surface area contributed by atoms with E-state index in [1.807, 2.05) is 18.2 Å². The number of rotatable bonds is 4. The van der Waals surface area contributed by atoms with Crippen molar-refractivity contribution in [2.45, 2.75) is 50.2 Å². The van der Waals surface area contributed by atoms with Gasteiger partial charge in [0, 0.05) is 28.9 Å². The number of fused-ring (bicyclic) bond motifs is 1. The number of hydrogen-bond acceptors (Lipinski definition) is 3. The summed E-state index contributed by atoms with van der Waals surface area (Å²) < 4.78 is 13.9. The predicted octanol–water partition coefficient (Wildman–Crippen LogP) is 5.29. The third-order valence-electron chi connectivity index (χ3n) is 6.10. The van der Waals surface area contributed by atoms with Crippen LogP contribution < -0.4 is 5.32 Å². The van der Waals surface area contributed by atoms with Crippen LogP contribution in [-0.2, 0) is 4.79 Å². The van der Waals surface area contributed by atoms with Gasteiger partial charge in [-0.2, -0.15) is 0 Å². The molecule has 156 valence electrons. The molecule has 2 aromatic carbocycles. The number of halogens is 2. The number of nitrogens with zero attached hydrogens (tertiary/aromatic N) is 1. The highest BCUT2D eigenvalue weighted by Gasteiger charge is 2.44. The summed E-state index contributed by atoms with van der Waals surface area (Å²) in [6, 6.07) is 13.9. The molecular formula is C24H24ClFN2O2. The number of carbonyl (C=O) groups is 1. The highest BCUT2D eigenvalue weighted by Crippen LogP contribution is 2.47. The summed E-state index contributed by atoms with van der Waals surface area (Å²) >= 11 is 6.06. The van der Waals surface area contributed by atoms with Crippen LogP contribution in [0, 0.1) is 5.82 Å². The zero-order valence-corrected chi connectivity index (χ0v) is 17.5. The smallest absolute Gasteiger partial charge is 0.221 e. The lowest BCUT2D eigenvalue weighted by atomic mass is 9.70. The molecule has 30 heavy (non-hydrogen) atoms. The summed E-state index contributed by atoms with van der Waals surface area (Å²) in [4.78, 5) is 16.5. The molecule has 0 bridgehead atoms. The molecule has 1 aliphatic rings. The standard InChI is InChI=1S/C24H24ClFN2O2/c1-2-23(29)28-24(30)11-9-16(13-21(24)15-3-5-17(25)6-4-15)19-10-12-27-22-8-7-18(26)14-20(19)22/h3-8,10,12,14,16,21,30H,2,9,11,13H2,1H3,(H,28,29)/t16-,21-,24-/m0/s1. The van der Waals surface area contributed by atoms with E-state index in [2.05, 4.69) is 10.3 Å². The van der Waals surface area contributed by atoms with E-state index in [0.717, 1.165) is 22.0 Å².